The third-order valence-corrected chi connectivity index (χ3v) is 5.69. The summed E-state index contributed by atoms with van der Waals surface area (Å²) in [5.41, 5.74) is -1.14. The molecule has 2 fully saturated rings. The zero-order valence-electron chi connectivity index (χ0n) is 17.9. The van der Waals surface area contributed by atoms with Gasteiger partial charge in [-0.2, -0.15) is 0 Å². The normalized spacial score (nSPS) is 37.6. The number of hydrogen-bond acceptors (Lipinski definition) is 14. The highest BCUT2D eigenvalue weighted by Gasteiger charge is 2.50. The predicted molar refractivity (Wildman–Crippen MR) is 110 cm³/mol. The largest absolute Gasteiger partial charge is 0.478 e. The standard InChI is InChI=1S/C19H26N2O14/c22-4-9-11(24)12(25)15(28)19(34-9)35-16-10(5-23)33-17(14(27)13(16)26)20-7-1-6(18(29)30)2-8(3-7)21(31)32/h1-3,9-17,19-20,22-28H,4-5H2,(H,29,30)/t9-,10-,11+,12+,13-,14-,15+,16+,17+,19+/m0/s1. The van der Waals surface area contributed by atoms with Gasteiger partial charge in [-0.15, -0.1) is 0 Å². The molecule has 0 radical (unpaired) electrons. The summed E-state index contributed by atoms with van der Waals surface area (Å²) in [4.78, 5) is 21.6. The van der Waals surface area contributed by atoms with Crippen LogP contribution in [0.2, 0.25) is 0 Å². The minimum atomic E-state index is -1.83. The van der Waals surface area contributed by atoms with Crippen molar-refractivity contribution in [3.05, 3.63) is 33.9 Å². The maximum absolute atomic E-state index is 11.3. The van der Waals surface area contributed by atoms with Crippen molar-refractivity contribution < 1.29 is 64.8 Å². The molecular weight excluding hydrogens is 480 g/mol. The highest BCUT2D eigenvalue weighted by atomic mass is 16.7. The Labute approximate surface area is 196 Å². The molecule has 196 valence electrons. The monoisotopic (exact) mass is 506 g/mol. The number of aliphatic hydroxyl groups excluding tert-OH is 7. The molecule has 9 N–H and O–H groups in total. The van der Waals surface area contributed by atoms with Crippen molar-refractivity contribution in [2.45, 2.75) is 61.3 Å². The van der Waals surface area contributed by atoms with Gasteiger partial charge < -0.3 is 60.4 Å². The SMILES string of the molecule is O=C(O)c1cc(N[C@@H]2O[C@@H](CO)[C@@H](O[C@H]3O[C@@H](CO)[C@@H](O)[C@@H](O)[C@H]3O)[C@@H](O)[C@@H]2O)cc([N+](=O)[O-])c1. The summed E-state index contributed by atoms with van der Waals surface area (Å²) < 4.78 is 16.1. The first-order valence-electron chi connectivity index (χ1n) is 10.4. The molecule has 16 heteroatoms. The van der Waals surface area contributed by atoms with E-state index >= 15 is 0 Å². The van der Waals surface area contributed by atoms with Crippen molar-refractivity contribution in [3.63, 3.8) is 0 Å². The predicted octanol–water partition coefficient (Wildman–Crippen LogP) is -3.67. The minimum absolute atomic E-state index is 0.141. The van der Waals surface area contributed by atoms with Gasteiger partial charge in [0.15, 0.2) is 12.5 Å². The smallest absolute Gasteiger partial charge is 0.336 e. The van der Waals surface area contributed by atoms with Crippen molar-refractivity contribution in [1.29, 1.82) is 0 Å². The van der Waals surface area contributed by atoms with Crippen molar-refractivity contribution in [1.82, 2.24) is 0 Å². The Balaban J connectivity index is 1.78. The number of carboxylic acids is 1. The zero-order valence-corrected chi connectivity index (χ0v) is 17.9. The van der Waals surface area contributed by atoms with Crippen molar-refractivity contribution >= 4 is 17.3 Å². The number of hydrogen-bond donors (Lipinski definition) is 9. The van der Waals surface area contributed by atoms with Gasteiger partial charge in [-0.05, 0) is 6.07 Å². The Morgan fingerprint density at radius 3 is 2.17 bits per heavy atom. The molecule has 2 aliphatic rings. The van der Waals surface area contributed by atoms with E-state index in [2.05, 4.69) is 5.32 Å². The number of benzene rings is 1. The van der Waals surface area contributed by atoms with Gasteiger partial charge in [0.2, 0.25) is 0 Å². The van der Waals surface area contributed by atoms with E-state index in [1.54, 1.807) is 0 Å². The van der Waals surface area contributed by atoms with Crippen molar-refractivity contribution in [3.8, 4) is 0 Å². The number of nitro groups is 1. The molecule has 1 aromatic carbocycles. The van der Waals surface area contributed by atoms with Crippen molar-refractivity contribution in [2.75, 3.05) is 18.5 Å². The van der Waals surface area contributed by atoms with Gasteiger partial charge in [-0.1, -0.05) is 0 Å². The van der Waals surface area contributed by atoms with E-state index in [0.29, 0.717) is 0 Å². The molecule has 0 spiro atoms. The molecular formula is C19H26N2O14. The van der Waals surface area contributed by atoms with Gasteiger partial charge >= 0.3 is 5.97 Å². The molecule has 10 atom stereocenters. The number of nitrogens with one attached hydrogen (secondary N) is 1. The number of carboxylic acid groups (broad SMARTS) is 1. The average Bonchev–Trinajstić information content (AvgIpc) is 2.83. The van der Waals surface area contributed by atoms with E-state index in [-0.39, 0.29) is 5.69 Å². The molecule has 35 heavy (non-hydrogen) atoms. The molecule has 0 unspecified atom stereocenters. The molecule has 0 aromatic heterocycles. The fraction of sp³-hybridized carbons (Fsp3) is 0.632. The fourth-order valence-electron chi connectivity index (χ4n) is 3.80. The molecule has 0 aliphatic carbocycles. The fourth-order valence-corrected chi connectivity index (χ4v) is 3.80. The Hall–Kier alpha value is -2.51. The van der Waals surface area contributed by atoms with Crippen LogP contribution in [0.25, 0.3) is 0 Å². The van der Waals surface area contributed by atoms with Gasteiger partial charge in [0.1, 0.15) is 48.8 Å². The zero-order chi connectivity index (χ0) is 26.0. The van der Waals surface area contributed by atoms with Crippen LogP contribution < -0.4 is 5.32 Å². The number of anilines is 1. The van der Waals surface area contributed by atoms with Gasteiger partial charge in [-0.3, -0.25) is 10.1 Å². The van der Waals surface area contributed by atoms with Gasteiger partial charge in [-0.25, -0.2) is 4.79 Å². The lowest BCUT2D eigenvalue weighted by Crippen LogP contribution is -2.65. The van der Waals surface area contributed by atoms with E-state index in [9.17, 15) is 55.8 Å². The van der Waals surface area contributed by atoms with Crippen LogP contribution in [0.5, 0.6) is 0 Å². The average molecular weight is 506 g/mol. The third kappa shape index (κ3) is 5.67. The lowest BCUT2D eigenvalue weighted by molar-refractivity contribution is -0.384. The second-order valence-electron chi connectivity index (χ2n) is 8.03. The Morgan fingerprint density at radius 2 is 1.60 bits per heavy atom. The summed E-state index contributed by atoms with van der Waals surface area (Å²) >= 11 is 0. The molecule has 2 aliphatic heterocycles. The molecule has 2 saturated heterocycles. The quantitative estimate of drug-likeness (QED) is 0.121. The van der Waals surface area contributed by atoms with E-state index < -0.39 is 96.7 Å². The number of aliphatic hydroxyl groups is 7. The molecule has 16 nitrogen and oxygen atoms in total. The molecule has 1 aromatic rings. The van der Waals surface area contributed by atoms with Crippen molar-refractivity contribution in [2.24, 2.45) is 0 Å². The van der Waals surface area contributed by atoms with Gasteiger partial charge in [0.05, 0.1) is 23.7 Å². The Kier molecular flexibility index (Phi) is 8.54. The van der Waals surface area contributed by atoms with Crippen LogP contribution in [-0.2, 0) is 14.2 Å². The van der Waals surface area contributed by atoms with E-state index in [4.69, 9.17) is 14.2 Å². The lowest BCUT2D eigenvalue weighted by atomic mass is 9.96. The van der Waals surface area contributed by atoms with Gasteiger partial charge in [0.25, 0.3) is 5.69 Å². The first kappa shape index (κ1) is 27.1. The Morgan fingerprint density at radius 1 is 0.943 bits per heavy atom. The number of nitro benzene ring substituents is 1. The maximum atomic E-state index is 11.3. The third-order valence-electron chi connectivity index (χ3n) is 5.69. The van der Waals surface area contributed by atoms with Crippen LogP contribution in [0.15, 0.2) is 18.2 Å². The number of non-ortho nitro benzene ring substituents is 1. The van der Waals surface area contributed by atoms with E-state index in [1.165, 1.54) is 0 Å². The lowest BCUT2D eigenvalue weighted by Gasteiger charge is -2.46. The molecule has 0 saturated carbocycles. The molecule has 0 amide bonds. The molecule has 0 bridgehead atoms. The first-order valence-corrected chi connectivity index (χ1v) is 10.4. The summed E-state index contributed by atoms with van der Waals surface area (Å²) in [7, 11) is 0. The minimum Gasteiger partial charge on any atom is -0.478 e. The number of carbonyl (C=O) groups is 1. The van der Waals surface area contributed by atoms with Crippen LogP contribution >= 0.6 is 0 Å². The van der Waals surface area contributed by atoms with Crippen LogP contribution in [0.3, 0.4) is 0 Å². The molecule has 2 heterocycles. The highest BCUT2D eigenvalue weighted by molar-refractivity contribution is 5.90. The second kappa shape index (κ2) is 11.0. The summed E-state index contributed by atoms with van der Waals surface area (Å²) in [6, 6.07) is 2.82. The van der Waals surface area contributed by atoms with Crippen LogP contribution in [0.1, 0.15) is 10.4 Å². The van der Waals surface area contributed by atoms with Gasteiger partial charge in [0, 0.05) is 17.8 Å². The van der Waals surface area contributed by atoms with Crippen LogP contribution in [-0.4, -0.2) is 126 Å². The Bertz CT molecular complexity index is 881. The second-order valence-corrected chi connectivity index (χ2v) is 8.03. The number of aromatic carboxylic acids is 1. The summed E-state index contributed by atoms with van der Waals surface area (Å²) in [5.74, 6) is -1.46. The maximum Gasteiger partial charge on any atom is 0.336 e. The highest BCUT2D eigenvalue weighted by Crippen LogP contribution is 2.30. The first-order chi connectivity index (χ1) is 16.5. The summed E-state index contributed by atoms with van der Waals surface area (Å²) in [5, 5.41) is 92.9. The van der Waals surface area contributed by atoms with Crippen LogP contribution in [0.4, 0.5) is 11.4 Å². The number of rotatable bonds is 8. The summed E-state index contributed by atoms with van der Waals surface area (Å²) in [6.45, 7) is -1.53. The summed E-state index contributed by atoms with van der Waals surface area (Å²) in [6.07, 6.45) is -16.3. The number of nitrogens with zero attached hydrogens (tertiary/aromatic N) is 1. The van der Waals surface area contributed by atoms with Crippen LogP contribution in [0, 0.1) is 10.1 Å². The topological polar surface area (TPSA) is 262 Å². The van der Waals surface area contributed by atoms with E-state index in [0.717, 1.165) is 18.2 Å². The number of ether oxygens (including phenoxy) is 3. The molecule has 3 rings (SSSR count). The van der Waals surface area contributed by atoms with E-state index in [1.807, 2.05) is 0 Å².